The topological polar surface area (TPSA) is 104 Å². The van der Waals surface area contributed by atoms with E-state index in [9.17, 15) is 14.4 Å². The highest BCUT2D eigenvalue weighted by molar-refractivity contribution is 7.98. The van der Waals surface area contributed by atoms with Crippen molar-refractivity contribution in [2.75, 3.05) is 16.9 Å². The van der Waals surface area contributed by atoms with Gasteiger partial charge in [-0.15, -0.1) is 0 Å². The van der Waals surface area contributed by atoms with Crippen molar-refractivity contribution < 1.29 is 9.59 Å². The van der Waals surface area contributed by atoms with Crippen LogP contribution in [0.15, 0.2) is 40.3 Å². The van der Waals surface area contributed by atoms with Gasteiger partial charge in [0, 0.05) is 12.5 Å². The molecule has 0 fully saturated rings. The van der Waals surface area contributed by atoms with E-state index in [1.807, 2.05) is 0 Å². The lowest BCUT2D eigenvalue weighted by atomic mass is 10.2. The summed E-state index contributed by atoms with van der Waals surface area (Å²) >= 11 is 1.22. The molecule has 0 unspecified atom stereocenters. The van der Waals surface area contributed by atoms with Crippen LogP contribution in [-0.2, 0) is 4.79 Å². The van der Waals surface area contributed by atoms with Crippen LogP contribution in [0.1, 0.15) is 17.3 Å². The number of aromatic nitrogens is 2. The maximum absolute atomic E-state index is 12.1. The molecule has 1 aromatic carbocycles. The summed E-state index contributed by atoms with van der Waals surface area (Å²) in [5.74, 6) is -0.832. The average molecular weight is 318 g/mol. The van der Waals surface area contributed by atoms with Gasteiger partial charge in [-0.3, -0.25) is 19.4 Å². The number of rotatable bonds is 4. The normalized spacial score (nSPS) is 10.1. The van der Waals surface area contributed by atoms with Crippen LogP contribution in [0.2, 0.25) is 0 Å². The molecule has 3 N–H and O–H groups in total. The van der Waals surface area contributed by atoms with E-state index in [4.69, 9.17) is 0 Å². The average Bonchev–Trinajstić information content (AvgIpc) is 2.50. The maximum Gasteiger partial charge on any atom is 0.277 e. The van der Waals surface area contributed by atoms with Gasteiger partial charge in [-0.1, -0.05) is 30.0 Å². The molecule has 0 radical (unpaired) electrons. The van der Waals surface area contributed by atoms with Gasteiger partial charge in [0.05, 0.1) is 0 Å². The minimum atomic E-state index is -0.535. The Morgan fingerprint density at radius 1 is 1.18 bits per heavy atom. The van der Waals surface area contributed by atoms with E-state index in [0.717, 1.165) is 0 Å². The molecular formula is C14H14N4O3S. The molecule has 0 spiro atoms. The van der Waals surface area contributed by atoms with E-state index < -0.39 is 11.5 Å². The number of H-pyrrole nitrogens is 1. The lowest BCUT2D eigenvalue weighted by Crippen LogP contribution is -2.24. The Hall–Kier alpha value is -2.61. The first-order chi connectivity index (χ1) is 10.5. The lowest BCUT2D eigenvalue weighted by molar-refractivity contribution is -0.114. The lowest BCUT2D eigenvalue weighted by Gasteiger charge is -2.10. The predicted octanol–water partition coefficient (Wildman–Crippen LogP) is 1.70. The van der Waals surface area contributed by atoms with Crippen molar-refractivity contribution in [3.8, 4) is 0 Å². The third-order valence-corrected chi connectivity index (χ3v) is 3.24. The van der Waals surface area contributed by atoms with E-state index in [-0.39, 0.29) is 17.4 Å². The number of aromatic amines is 1. The van der Waals surface area contributed by atoms with Crippen LogP contribution >= 0.6 is 11.8 Å². The second-order valence-electron chi connectivity index (χ2n) is 4.30. The highest BCUT2D eigenvalue weighted by atomic mass is 32.2. The maximum atomic E-state index is 12.1. The summed E-state index contributed by atoms with van der Waals surface area (Å²) in [5, 5.41) is 5.27. The first-order valence-corrected chi connectivity index (χ1v) is 7.56. The molecule has 7 nitrogen and oxygen atoms in total. The van der Waals surface area contributed by atoms with Crippen LogP contribution in [0, 0.1) is 0 Å². The highest BCUT2D eigenvalue weighted by Gasteiger charge is 2.16. The zero-order valence-corrected chi connectivity index (χ0v) is 12.8. The van der Waals surface area contributed by atoms with Crippen molar-refractivity contribution in [3.05, 3.63) is 46.2 Å². The molecule has 22 heavy (non-hydrogen) atoms. The number of nitrogens with one attached hydrogen (secondary N) is 3. The molecule has 0 aliphatic rings. The van der Waals surface area contributed by atoms with E-state index in [2.05, 4.69) is 20.6 Å². The van der Waals surface area contributed by atoms with Crippen LogP contribution in [-0.4, -0.2) is 28.0 Å². The van der Waals surface area contributed by atoms with Gasteiger partial charge in [0.15, 0.2) is 16.7 Å². The van der Waals surface area contributed by atoms with Gasteiger partial charge in [-0.05, 0) is 18.4 Å². The first-order valence-electron chi connectivity index (χ1n) is 6.33. The minimum Gasteiger partial charge on any atom is -0.314 e. The number of hydrogen-bond donors (Lipinski definition) is 3. The van der Waals surface area contributed by atoms with Crippen molar-refractivity contribution in [1.82, 2.24) is 9.97 Å². The van der Waals surface area contributed by atoms with Crippen LogP contribution in [0.5, 0.6) is 0 Å². The molecular weight excluding hydrogens is 304 g/mol. The zero-order valence-electron chi connectivity index (χ0n) is 12.0. The molecule has 2 amide bonds. The van der Waals surface area contributed by atoms with Crippen molar-refractivity contribution >= 4 is 35.1 Å². The molecule has 8 heteroatoms. The first kappa shape index (κ1) is 15.8. The Balaban J connectivity index is 2.39. The number of amides is 2. The van der Waals surface area contributed by atoms with E-state index in [0.29, 0.717) is 10.7 Å². The Morgan fingerprint density at radius 3 is 2.45 bits per heavy atom. The SMILES string of the molecule is CSc1nc(NC(C)=O)c(NC(=O)c2ccccc2)c(=O)[nH]1. The molecule has 114 valence electrons. The third kappa shape index (κ3) is 3.73. The summed E-state index contributed by atoms with van der Waals surface area (Å²) in [4.78, 5) is 42.1. The number of carbonyl (C=O) groups excluding carboxylic acids is 2. The van der Waals surface area contributed by atoms with Crippen molar-refractivity contribution in [1.29, 1.82) is 0 Å². The summed E-state index contributed by atoms with van der Waals surface area (Å²) in [5.41, 5.74) is -0.237. The zero-order chi connectivity index (χ0) is 16.1. The Morgan fingerprint density at radius 2 is 1.86 bits per heavy atom. The van der Waals surface area contributed by atoms with E-state index in [1.54, 1.807) is 36.6 Å². The Bertz CT molecular complexity index is 758. The number of nitrogens with zero attached hydrogens (tertiary/aromatic N) is 1. The van der Waals surface area contributed by atoms with Crippen LogP contribution in [0.3, 0.4) is 0 Å². The fraction of sp³-hybridized carbons (Fsp3) is 0.143. The fourth-order valence-corrected chi connectivity index (χ4v) is 2.07. The van der Waals surface area contributed by atoms with Crippen molar-refractivity contribution in [3.63, 3.8) is 0 Å². The molecule has 0 aliphatic heterocycles. The summed E-state index contributed by atoms with van der Waals surface area (Å²) in [6.45, 7) is 1.30. The Kier molecular flexibility index (Phi) is 4.95. The number of thioether (sulfide) groups is 1. The van der Waals surface area contributed by atoms with E-state index in [1.165, 1.54) is 18.7 Å². The second kappa shape index (κ2) is 6.90. The second-order valence-corrected chi connectivity index (χ2v) is 5.10. The van der Waals surface area contributed by atoms with Gasteiger partial charge in [0.2, 0.25) is 5.91 Å². The molecule has 0 saturated heterocycles. The summed E-state index contributed by atoms with van der Waals surface area (Å²) in [7, 11) is 0. The molecule has 2 aromatic rings. The molecule has 1 heterocycles. The van der Waals surface area contributed by atoms with Gasteiger partial charge in [0.1, 0.15) is 0 Å². The van der Waals surface area contributed by atoms with E-state index >= 15 is 0 Å². The van der Waals surface area contributed by atoms with Crippen LogP contribution in [0.4, 0.5) is 11.5 Å². The van der Waals surface area contributed by atoms with Crippen molar-refractivity contribution in [2.45, 2.75) is 12.1 Å². The third-order valence-electron chi connectivity index (χ3n) is 2.66. The number of anilines is 2. The smallest absolute Gasteiger partial charge is 0.277 e. The van der Waals surface area contributed by atoms with Gasteiger partial charge in [-0.2, -0.15) is 0 Å². The molecule has 2 rings (SSSR count). The van der Waals surface area contributed by atoms with Crippen molar-refractivity contribution in [2.24, 2.45) is 0 Å². The van der Waals surface area contributed by atoms with Gasteiger partial charge in [0.25, 0.3) is 11.5 Å². The van der Waals surface area contributed by atoms with Gasteiger partial charge in [-0.25, -0.2) is 4.98 Å². The number of hydrogen-bond acceptors (Lipinski definition) is 5. The minimum absolute atomic E-state index is 0.0184. The summed E-state index contributed by atoms with van der Waals surface area (Å²) < 4.78 is 0. The van der Waals surface area contributed by atoms with Gasteiger partial charge < -0.3 is 10.6 Å². The number of carbonyl (C=O) groups is 2. The monoisotopic (exact) mass is 318 g/mol. The molecule has 1 aromatic heterocycles. The summed E-state index contributed by atoms with van der Waals surface area (Å²) in [6, 6.07) is 8.43. The largest absolute Gasteiger partial charge is 0.314 e. The molecule has 0 saturated carbocycles. The summed E-state index contributed by atoms with van der Waals surface area (Å²) in [6.07, 6.45) is 1.73. The molecule has 0 bridgehead atoms. The molecule has 0 atom stereocenters. The standard InChI is InChI=1S/C14H14N4O3S/c1-8(19)15-11-10(13(21)18-14(17-11)22-2)16-12(20)9-6-4-3-5-7-9/h3-7H,1-2H3,(H,16,20)(H2,15,17,18,19,21). The predicted molar refractivity (Wildman–Crippen MR) is 85.3 cm³/mol. The number of benzene rings is 1. The quantitative estimate of drug-likeness (QED) is 0.588. The Labute approximate surface area is 130 Å². The van der Waals surface area contributed by atoms with Crippen LogP contribution < -0.4 is 16.2 Å². The fourth-order valence-electron chi connectivity index (χ4n) is 1.70. The molecule has 0 aliphatic carbocycles. The highest BCUT2D eigenvalue weighted by Crippen LogP contribution is 2.18. The van der Waals surface area contributed by atoms with Crippen LogP contribution in [0.25, 0.3) is 0 Å². The van der Waals surface area contributed by atoms with Gasteiger partial charge >= 0.3 is 0 Å².